The van der Waals surface area contributed by atoms with Crippen LogP contribution in [0.2, 0.25) is 0 Å². The summed E-state index contributed by atoms with van der Waals surface area (Å²) < 4.78 is 31.1. The van der Waals surface area contributed by atoms with Crippen molar-refractivity contribution in [1.29, 1.82) is 0 Å². The van der Waals surface area contributed by atoms with E-state index in [0.29, 0.717) is 16.6 Å². The number of aliphatic carboxylic acids is 1. The first kappa shape index (κ1) is 20.9. The molecule has 2 bridgehead atoms. The number of carboxylic acid groups (broad SMARTS) is 1. The van der Waals surface area contributed by atoms with Crippen LogP contribution in [0, 0.1) is 35.3 Å². The molecular formula is C24H22F2N6O2. The quantitative estimate of drug-likeness (QED) is 0.459. The molecule has 0 spiro atoms. The number of imidazole rings is 1. The van der Waals surface area contributed by atoms with Crippen molar-refractivity contribution in [2.45, 2.75) is 32.1 Å². The van der Waals surface area contributed by atoms with Gasteiger partial charge in [0.25, 0.3) is 0 Å². The fourth-order valence-electron chi connectivity index (χ4n) is 5.93. The van der Waals surface area contributed by atoms with Gasteiger partial charge in [0.05, 0.1) is 17.8 Å². The highest BCUT2D eigenvalue weighted by Crippen LogP contribution is 2.50. The van der Waals surface area contributed by atoms with Crippen molar-refractivity contribution in [2.24, 2.45) is 23.7 Å². The van der Waals surface area contributed by atoms with Crippen molar-refractivity contribution >= 4 is 17.0 Å². The Balaban J connectivity index is 1.49. The molecule has 0 aromatic carbocycles. The van der Waals surface area contributed by atoms with E-state index in [1.165, 1.54) is 23.2 Å². The van der Waals surface area contributed by atoms with Crippen LogP contribution < -0.4 is 0 Å². The number of halogens is 2. The van der Waals surface area contributed by atoms with Crippen molar-refractivity contribution in [1.82, 2.24) is 29.5 Å². The molecule has 4 aromatic heterocycles. The third-order valence-electron chi connectivity index (χ3n) is 7.50. The number of nitrogens with zero attached hydrogens (tertiary/aromatic N) is 5. The number of nitrogens with one attached hydrogen (secondary N) is 1. The molecule has 10 heteroatoms. The third kappa shape index (κ3) is 3.36. The van der Waals surface area contributed by atoms with Crippen LogP contribution in [0.25, 0.3) is 28.2 Å². The van der Waals surface area contributed by atoms with Crippen LogP contribution in [0.3, 0.4) is 0 Å². The van der Waals surface area contributed by atoms with Gasteiger partial charge in [0.15, 0.2) is 17.5 Å². The number of H-pyrrole nitrogens is 1. The predicted octanol–water partition coefficient (Wildman–Crippen LogP) is 4.16. The highest BCUT2D eigenvalue weighted by Gasteiger charge is 2.47. The largest absolute Gasteiger partial charge is 0.481 e. The third-order valence-corrected chi connectivity index (χ3v) is 7.50. The minimum Gasteiger partial charge on any atom is -0.481 e. The number of carboxylic acids is 1. The molecule has 2 N–H and O–H groups in total. The lowest BCUT2D eigenvalue weighted by Gasteiger charge is -2.46. The maximum atomic E-state index is 15.8. The smallest absolute Gasteiger partial charge is 0.307 e. The van der Waals surface area contributed by atoms with Crippen LogP contribution in [0.1, 0.15) is 31.4 Å². The van der Waals surface area contributed by atoms with Crippen molar-refractivity contribution in [3.63, 3.8) is 0 Å². The van der Waals surface area contributed by atoms with Crippen LogP contribution in [-0.4, -0.2) is 40.6 Å². The number of carbonyl (C=O) groups is 1. The fourth-order valence-corrected chi connectivity index (χ4v) is 5.93. The molecule has 3 aliphatic carbocycles. The molecule has 174 valence electrons. The molecule has 4 heterocycles. The number of pyridine rings is 1. The molecule has 2 atom stereocenters. The molecule has 8 nitrogen and oxygen atoms in total. The van der Waals surface area contributed by atoms with Gasteiger partial charge in [-0.1, -0.05) is 0 Å². The summed E-state index contributed by atoms with van der Waals surface area (Å²) in [7, 11) is 0. The van der Waals surface area contributed by atoms with E-state index < -0.39 is 23.5 Å². The van der Waals surface area contributed by atoms with Gasteiger partial charge in [-0.2, -0.15) is 0 Å². The standard InChI is InChI=1S/C24H22F2N6O2/c25-14-7-16-17(10-29-21(16)28-9-14)22-30-18(20(26)23(31-22)32-6-5-27-11-32)8-15-12-1-3-13(4-2-12)19(15)24(33)34/h5-7,9-13,15,19H,1-4,8H2,(H,28,29)(H,33,34). The summed E-state index contributed by atoms with van der Waals surface area (Å²) in [6.45, 7) is 0. The first-order chi connectivity index (χ1) is 16.5. The van der Waals surface area contributed by atoms with E-state index in [2.05, 4.69) is 24.9 Å². The van der Waals surface area contributed by atoms with Crippen molar-refractivity contribution in [3.05, 3.63) is 54.5 Å². The average molecular weight is 464 g/mol. The summed E-state index contributed by atoms with van der Waals surface area (Å²) in [6.07, 6.45) is 11.2. The summed E-state index contributed by atoms with van der Waals surface area (Å²) in [5.74, 6) is -2.05. The SMILES string of the molecule is O=C(O)C1C2CCC(CC2)C1Cc1nc(-c2c[nH]c3ncc(F)cc23)nc(-n2ccnc2)c1F. The fraction of sp³-hybridized carbons (Fsp3) is 0.375. The van der Waals surface area contributed by atoms with E-state index in [4.69, 9.17) is 0 Å². The van der Waals surface area contributed by atoms with E-state index in [0.717, 1.165) is 31.9 Å². The minimum atomic E-state index is -0.818. The van der Waals surface area contributed by atoms with Crippen LogP contribution in [0.4, 0.5) is 8.78 Å². The Bertz CT molecular complexity index is 1380. The van der Waals surface area contributed by atoms with Crippen LogP contribution in [0.5, 0.6) is 0 Å². The van der Waals surface area contributed by atoms with Gasteiger partial charge >= 0.3 is 5.97 Å². The van der Waals surface area contributed by atoms with E-state index in [1.807, 2.05) is 0 Å². The van der Waals surface area contributed by atoms with E-state index in [-0.39, 0.29) is 41.5 Å². The van der Waals surface area contributed by atoms with Crippen LogP contribution in [0.15, 0.2) is 37.2 Å². The highest BCUT2D eigenvalue weighted by atomic mass is 19.1. The van der Waals surface area contributed by atoms with Crippen molar-refractivity contribution in [3.8, 4) is 17.2 Å². The maximum Gasteiger partial charge on any atom is 0.307 e. The number of fused-ring (bicyclic) bond motifs is 4. The Hall–Kier alpha value is -3.69. The molecule has 34 heavy (non-hydrogen) atoms. The molecule has 0 saturated heterocycles. The predicted molar refractivity (Wildman–Crippen MR) is 118 cm³/mol. The molecule has 7 rings (SSSR count). The van der Waals surface area contributed by atoms with Gasteiger partial charge in [-0.25, -0.2) is 28.7 Å². The number of aromatic nitrogens is 6. The lowest BCUT2D eigenvalue weighted by molar-refractivity contribution is -0.152. The summed E-state index contributed by atoms with van der Waals surface area (Å²) in [5, 5.41) is 10.4. The second-order valence-electron chi connectivity index (χ2n) is 9.26. The van der Waals surface area contributed by atoms with Gasteiger partial charge in [-0.15, -0.1) is 0 Å². The molecule has 3 fully saturated rings. The van der Waals surface area contributed by atoms with Crippen LogP contribution >= 0.6 is 0 Å². The monoisotopic (exact) mass is 464 g/mol. The van der Waals surface area contributed by atoms with E-state index >= 15 is 4.39 Å². The van der Waals surface area contributed by atoms with E-state index in [9.17, 15) is 14.3 Å². The van der Waals surface area contributed by atoms with Gasteiger partial charge in [0, 0.05) is 29.5 Å². The van der Waals surface area contributed by atoms with E-state index in [1.54, 1.807) is 12.4 Å². The lowest BCUT2D eigenvalue weighted by atomic mass is 9.57. The molecule has 2 unspecified atom stereocenters. The van der Waals surface area contributed by atoms with Gasteiger partial charge < -0.3 is 10.1 Å². The number of aromatic amines is 1. The second-order valence-corrected chi connectivity index (χ2v) is 9.26. The molecule has 0 amide bonds. The second kappa shape index (κ2) is 7.96. The molecule has 3 aliphatic rings. The molecule has 3 saturated carbocycles. The molecule has 0 radical (unpaired) electrons. The van der Waals surface area contributed by atoms with Gasteiger partial charge in [-0.05, 0) is 55.9 Å². The highest BCUT2D eigenvalue weighted by molar-refractivity contribution is 5.91. The first-order valence-corrected chi connectivity index (χ1v) is 11.4. The minimum absolute atomic E-state index is 0.0176. The number of rotatable bonds is 5. The van der Waals surface area contributed by atoms with Gasteiger partial charge in [0.2, 0.25) is 0 Å². The average Bonchev–Trinajstić information content (AvgIpc) is 3.51. The Morgan fingerprint density at radius 1 is 1.18 bits per heavy atom. The van der Waals surface area contributed by atoms with Crippen molar-refractivity contribution in [2.75, 3.05) is 0 Å². The number of hydrogen-bond acceptors (Lipinski definition) is 5. The Labute approximate surface area is 193 Å². The molecule has 0 aliphatic heterocycles. The zero-order chi connectivity index (χ0) is 23.4. The van der Waals surface area contributed by atoms with Gasteiger partial charge in [-0.3, -0.25) is 9.36 Å². The summed E-state index contributed by atoms with van der Waals surface area (Å²) in [6, 6.07) is 1.33. The zero-order valence-corrected chi connectivity index (χ0v) is 18.2. The first-order valence-electron chi connectivity index (χ1n) is 11.4. The Morgan fingerprint density at radius 2 is 1.97 bits per heavy atom. The zero-order valence-electron chi connectivity index (χ0n) is 18.2. The molecule has 4 aromatic rings. The Kier molecular flexibility index (Phi) is 4.89. The lowest BCUT2D eigenvalue weighted by Crippen LogP contribution is -2.45. The van der Waals surface area contributed by atoms with Crippen LogP contribution in [-0.2, 0) is 11.2 Å². The number of hydrogen-bond donors (Lipinski definition) is 2. The maximum absolute atomic E-state index is 15.8. The molecular weight excluding hydrogens is 442 g/mol. The van der Waals surface area contributed by atoms with Crippen molar-refractivity contribution < 1.29 is 18.7 Å². The summed E-state index contributed by atoms with van der Waals surface area (Å²) >= 11 is 0. The summed E-state index contributed by atoms with van der Waals surface area (Å²) in [4.78, 5) is 32.2. The van der Waals surface area contributed by atoms with Gasteiger partial charge in [0.1, 0.15) is 17.8 Å². The topological polar surface area (TPSA) is 110 Å². The Morgan fingerprint density at radius 3 is 2.71 bits per heavy atom. The normalized spacial score (nSPS) is 24.1. The summed E-state index contributed by atoms with van der Waals surface area (Å²) in [5.41, 5.74) is 1.12.